The Kier molecular flexibility index (Phi) is 7.01. The van der Waals surface area contributed by atoms with E-state index in [0.29, 0.717) is 0 Å². The highest BCUT2D eigenvalue weighted by Gasteiger charge is 2.11. The number of nitrogens with one attached hydrogen (secondary N) is 1. The van der Waals surface area contributed by atoms with E-state index in [1.807, 2.05) is 23.9 Å². The molecule has 2 rings (SSSR count). The van der Waals surface area contributed by atoms with Crippen molar-refractivity contribution in [2.75, 3.05) is 12.3 Å². The molecule has 1 aromatic rings. The average molecular weight is 262 g/mol. The Morgan fingerprint density at radius 2 is 2.38 bits per heavy atom. The fourth-order valence-electron chi connectivity index (χ4n) is 1.96. The van der Waals surface area contributed by atoms with Crippen LogP contribution >= 0.6 is 24.2 Å². The molecule has 4 heteroatoms. The first kappa shape index (κ1) is 13.9. The molecule has 1 aliphatic heterocycles. The van der Waals surface area contributed by atoms with Crippen molar-refractivity contribution in [3.05, 3.63) is 24.2 Å². The molecule has 1 unspecified atom stereocenters. The van der Waals surface area contributed by atoms with Crippen LogP contribution in [-0.4, -0.2) is 18.3 Å². The predicted molar refractivity (Wildman–Crippen MR) is 72.4 cm³/mol. The zero-order valence-corrected chi connectivity index (χ0v) is 11.1. The van der Waals surface area contributed by atoms with Crippen LogP contribution in [0.15, 0.2) is 22.8 Å². The Balaban J connectivity index is 0.00000128. The van der Waals surface area contributed by atoms with Gasteiger partial charge >= 0.3 is 0 Å². The number of piperidine rings is 1. The van der Waals surface area contributed by atoms with Crippen molar-refractivity contribution >= 4 is 24.2 Å². The molecule has 1 aliphatic rings. The number of halogens is 1. The van der Waals surface area contributed by atoms with E-state index in [1.165, 1.54) is 38.0 Å². The van der Waals surface area contributed by atoms with Gasteiger partial charge in [0.15, 0.2) is 0 Å². The lowest BCUT2D eigenvalue weighted by Crippen LogP contribution is -2.34. The van der Waals surface area contributed by atoms with Gasteiger partial charge in [-0.3, -0.25) is 0 Å². The topological polar surface area (TPSA) is 25.2 Å². The Morgan fingerprint density at radius 1 is 1.44 bits per heavy atom. The lowest BCUT2D eigenvalue weighted by atomic mass is 10.0. The van der Waals surface area contributed by atoms with Gasteiger partial charge in [-0.25, -0.2) is 0 Å². The molecule has 92 valence electrons. The third-order valence-electron chi connectivity index (χ3n) is 2.85. The van der Waals surface area contributed by atoms with E-state index in [9.17, 15) is 0 Å². The minimum Gasteiger partial charge on any atom is -0.468 e. The van der Waals surface area contributed by atoms with Crippen LogP contribution in [0.25, 0.3) is 0 Å². The summed E-state index contributed by atoms with van der Waals surface area (Å²) in [5.41, 5.74) is 0. The molecule has 1 fully saturated rings. The summed E-state index contributed by atoms with van der Waals surface area (Å²) in [5, 5.41) is 3.58. The number of hydrogen-bond donors (Lipinski definition) is 1. The van der Waals surface area contributed by atoms with Gasteiger partial charge in [-0.2, -0.15) is 11.8 Å². The maximum Gasteiger partial charge on any atom is 0.113 e. The molecule has 0 amide bonds. The van der Waals surface area contributed by atoms with Crippen molar-refractivity contribution in [1.82, 2.24) is 5.32 Å². The van der Waals surface area contributed by atoms with Crippen LogP contribution in [0.3, 0.4) is 0 Å². The summed E-state index contributed by atoms with van der Waals surface area (Å²) in [4.78, 5) is 0. The average Bonchev–Trinajstić information content (AvgIpc) is 2.79. The third kappa shape index (κ3) is 4.81. The zero-order valence-electron chi connectivity index (χ0n) is 9.48. The predicted octanol–water partition coefficient (Wildman–Crippen LogP) is 3.47. The fraction of sp³-hybridized carbons (Fsp3) is 0.667. The highest BCUT2D eigenvalue weighted by molar-refractivity contribution is 7.98. The Labute approximate surface area is 108 Å². The zero-order chi connectivity index (χ0) is 10.3. The van der Waals surface area contributed by atoms with E-state index in [0.717, 1.165) is 17.6 Å². The van der Waals surface area contributed by atoms with Crippen molar-refractivity contribution in [3.63, 3.8) is 0 Å². The first-order chi connectivity index (χ1) is 7.45. The van der Waals surface area contributed by atoms with Gasteiger partial charge in [-0.05, 0) is 43.7 Å². The van der Waals surface area contributed by atoms with E-state index in [1.54, 1.807) is 6.26 Å². The van der Waals surface area contributed by atoms with E-state index < -0.39 is 0 Å². The van der Waals surface area contributed by atoms with Crippen LogP contribution in [0, 0.1) is 0 Å². The summed E-state index contributed by atoms with van der Waals surface area (Å²) in [6.07, 6.45) is 7.17. The molecule has 0 spiro atoms. The summed E-state index contributed by atoms with van der Waals surface area (Å²) in [5.74, 6) is 3.34. The van der Waals surface area contributed by atoms with Crippen LogP contribution in [0.4, 0.5) is 0 Å². The van der Waals surface area contributed by atoms with E-state index in [2.05, 4.69) is 5.32 Å². The van der Waals surface area contributed by atoms with Gasteiger partial charge in [0.25, 0.3) is 0 Å². The summed E-state index contributed by atoms with van der Waals surface area (Å²) in [6.45, 7) is 1.22. The summed E-state index contributed by atoms with van der Waals surface area (Å²) >= 11 is 1.97. The summed E-state index contributed by atoms with van der Waals surface area (Å²) < 4.78 is 5.29. The molecule has 0 radical (unpaired) electrons. The van der Waals surface area contributed by atoms with Gasteiger partial charge in [0.1, 0.15) is 5.76 Å². The van der Waals surface area contributed by atoms with Crippen molar-refractivity contribution in [2.24, 2.45) is 0 Å². The van der Waals surface area contributed by atoms with Crippen molar-refractivity contribution < 1.29 is 4.42 Å². The second-order valence-corrected chi connectivity index (χ2v) is 5.17. The molecule has 0 aromatic carbocycles. The largest absolute Gasteiger partial charge is 0.468 e. The van der Waals surface area contributed by atoms with Crippen LogP contribution in [-0.2, 0) is 5.75 Å². The number of thioether (sulfide) groups is 1. The lowest BCUT2D eigenvalue weighted by molar-refractivity contribution is 0.394. The van der Waals surface area contributed by atoms with Gasteiger partial charge in [0.2, 0.25) is 0 Å². The molecule has 1 N–H and O–H groups in total. The molecule has 0 saturated carbocycles. The molecular formula is C12H20ClNOS. The summed E-state index contributed by atoms with van der Waals surface area (Å²) in [6, 6.07) is 4.77. The first-order valence-corrected chi connectivity index (χ1v) is 6.94. The van der Waals surface area contributed by atoms with Gasteiger partial charge in [0, 0.05) is 6.04 Å². The highest BCUT2D eigenvalue weighted by Crippen LogP contribution is 2.17. The van der Waals surface area contributed by atoms with Gasteiger partial charge in [-0.1, -0.05) is 6.42 Å². The number of hydrogen-bond acceptors (Lipinski definition) is 3. The lowest BCUT2D eigenvalue weighted by Gasteiger charge is -2.22. The third-order valence-corrected chi connectivity index (χ3v) is 3.86. The standard InChI is InChI=1S/C12H19NOS.ClH/c1-2-7-13-11(4-1)6-9-15-10-12-5-3-8-14-12;/h3,5,8,11,13H,1-2,4,6-7,9-10H2;1H. The smallest absolute Gasteiger partial charge is 0.113 e. The normalized spacial score (nSPS) is 20.4. The molecule has 1 aromatic heterocycles. The van der Waals surface area contributed by atoms with Crippen molar-refractivity contribution in [3.8, 4) is 0 Å². The summed E-state index contributed by atoms with van der Waals surface area (Å²) in [7, 11) is 0. The van der Waals surface area contributed by atoms with Gasteiger partial charge < -0.3 is 9.73 Å². The second kappa shape index (κ2) is 8.04. The number of rotatable bonds is 5. The second-order valence-electron chi connectivity index (χ2n) is 4.07. The van der Waals surface area contributed by atoms with E-state index >= 15 is 0 Å². The number of furan rings is 1. The van der Waals surface area contributed by atoms with E-state index in [4.69, 9.17) is 4.42 Å². The minimum atomic E-state index is 0. The molecule has 2 nitrogen and oxygen atoms in total. The van der Waals surface area contributed by atoms with E-state index in [-0.39, 0.29) is 12.4 Å². The molecule has 2 heterocycles. The maximum absolute atomic E-state index is 5.29. The molecule has 1 saturated heterocycles. The van der Waals surface area contributed by atoms with Crippen LogP contribution in [0.1, 0.15) is 31.4 Å². The van der Waals surface area contributed by atoms with Crippen LogP contribution in [0.5, 0.6) is 0 Å². The molecular weight excluding hydrogens is 242 g/mol. The molecule has 1 atom stereocenters. The minimum absolute atomic E-state index is 0. The first-order valence-electron chi connectivity index (χ1n) is 5.78. The van der Waals surface area contributed by atoms with Crippen LogP contribution < -0.4 is 5.32 Å². The highest BCUT2D eigenvalue weighted by atomic mass is 35.5. The van der Waals surface area contributed by atoms with Gasteiger partial charge in [-0.15, -0.1) is 12.4 Å². The van der Waals surface area contributed by atoms with Gasteiger partial charge in [0.05, 0.1) is 12.0 Å². The molecule has 16 heavy (non-hydrogen) atoms. The Morgan fingerprint density at radius 3 is 3.06 bits per heavy atom. The Bertz CT molecular complexity index is 260. The van der Waals surface area contributed by atoms with Crippen LogP contribution in [0.2, 0.25) is 0 Å². The molecule has 0 aliphatic carbocycles. The Hall–Kier alpha value is -0.120. The quantitative estimate of drug-likeness (QED) is 0.822. The monoisotopic (exact) mass is 261 g/mol. The SMILES string of the molecule is Cl.c1coc(CSCCC2CCCCN2)c1. The van der Waals surface area contributed by atoms with Crippen molar-refractivity contribution in [1.29, 1.82) is 0 Å². The molecule has 0 bridgehead atoms. The maximum atomic E-state index is 5.29. The fourth-order valence-corrected chi connectivity index (χ4v) is 2.92. The van der Waals surface area contributed by atoms with Crippen molar-refractivity contribution in [2.45, 2.75) is 37.5 Å².